The van der Waals surface area contributed by atoms with E-state index in [1.807, 2.05) is 0 Å². The number of likely N-dealkylation sites (tertiary alicyclic amines) is 1. The predicted octanol–water partition coefficient (Wildman–Crippen LogP) is 2.07. The first-order chi connectivity index (χ1) is 12.2. The monoisotopic (exact) mass is 345 g/mol. The lowest BCUT2D eigenvalue weighted by atomic mass is 10.2. The molecular formula is C18H24FN5O. The highest BCUT2D eigenvalue weighted by Crippen LogP contribution is 2.09. The molecule has 134 valence electrons. The van der Waals surface area contributed by atoms with Crippen LogP contribution in [0.3, 0.4) is 0 Å². The zero-order valence-corrected chi connectivity index (χ0v) is 14.3. The molecule has 0 atom stereocenters. The molecule has 1 aliphatic heterocycles. The van der Waals surface area contributed by atoms with Crippen LogP contribution >= 0.6 is 0 Å². The van der Waals surface area contributed by atoms with Gasteiger partial charge in [-0.15, -0.1) is 5.10 Å². The van der Waals surface area contributed by atoms with Gasteiger partial charge in [-0.25, -0.2) is 9.07 Å². The van der Waals surface area contributed by atoms with Gasteiger partial charge in [-0.2, -0.15) is 0 Å². The fraction of sp³-hybridized carbons (Fsp3) is 0.500. The fourth-order valence-electron chi connectivity index (χ4n) is 3.03. The molecule has 1 N–H and O–H groups in total. The summed E-state index contributed by atoms with van der Waals surface area (Å²) in [7, 11) is 0. The van der Waals surface area contributed by atoms with E-state index >= 15 is 0 Å². The van der Waals surface area contributed by atoms with Crippen LogP contribution in [0.25, 0.3) is 0 Å². The van der Waals surface area contributed by atoms with E-state index in [-0.39, 0.29) is 11.7 Å². The third kappa shape index (κ3) is 5.35. The second-order valence-electron chi connectivity index (χ2n) is 6.44. The van der Waals surface area contributed by atoms with Crippen LogP contribution in [0, 0.1) is 5.82 Å². The number of amides is 1. The van der Waals surface area contributed by atoms with Gasteiger partial charge in [-0.3, -0.25) is 4.79 Å². The molecule has 0 spiro atoms. The Morgan fingerprint density at radius 3 is 2.56 bits per heavy atom. The van der Waals surface area contributed by atoms with Crippen LogP contribution in [0.4, 0.5) is 4.39 Å². The molecule has 1 fully saturated rings. The Kier molecular flexibility index (Phi) is 6.11. The molecular weight excluding hydrogens is 321 g/mol. The predicted molar refractivity (Wildman–Crippen MR) is 92.8 cm³/mol. The molecule has 0 saturated carbocycles. The Balaban J connectivity index is 1.46. The van der Waals surface area contributed by atoms with Crippen LogP contribution in [0.5, 0.6) is 0 Å². The topological polar surface area (TPSA) is 63.1 Å². The van der Waals surface area contributed by atoms with Crippen LogP contribution in [0.1, 0.15) is 41.7 Å². The average molecular weight is 345 g/mol. The van der Waals surface area contributed by atoms with E-state index in [9.17, 15) is 9.18 Å². The molecule has 25 heavy (non-hydrogen) atoms. The summed E-state index contributed by atoms with van der Waals surface area (Å²) < 4.78 is 14.5. The van der Waals surface area contributed by atoms with Gasteiger partial charge < -0.3 is 10.2 Å². The van der Waals surface area contributed by atoms with Gasteiger partial charge in [0, 0.05) is 13.1 Å². The summed E-state index contributed by atoms with van der Waals surface area (Å²) in [5, 5.41) is 10.8. The third-order valence-corrected chi connectivity index (χ3v) is 4.44. The van der Waals surface area contributed by atoms with E-state index in [2.05, 4.69) is 20.5 Å². The van der Waals surface area contributed by atoms with E-state index < -0.39 is 0 Å². The van der Waals surface area contributed by atoms with Crippen LogP contribution in [0.15, 0.2) is 30.5 Å². The number of nitrogens with one attached hydrogen (secondary N) is 1. The highest BCUT2D eigenvalue weighted by Gasteiger charge is 2.12. The summed E-state index contributed by atoms with van der Waals surface area (Å²) in [6.07, 6.45) is 6.71. The van der Waals surface area contributed by atoms with Crippen molar-refractivity contribution in [2.24, 2.45) is 0 Å². The first-order valence-corrected chi connectivity index (χ1v) is 8.86. The van der Waals surface area contributed by atoms with Crippen molar-refractivity contribution in [3.63, 3.8) is 0 Å². The smallest absolute Gasteiger partial charge is 0.273 e. The number of hydrogen-bond acceptors (Lipinski definition) is 4. The quantitative estimate of drug-likeness (QED) is 0.871. The summed E-state index contributed by atoms with van der Waals surface area (Å²) in [4.78, 5) is 14.6. The molecule has 7 heteroatoms. The van der Waals surface area contributed by atoms with Gasteiger partial charge >= 0.3 is 0 Å². The maximum atomic E-state index is 12.9. The van der Waals surface area contributed by atoms with Crippen LogP contribution in [0.2, 0.25) is 0 Å². The summed E-state index contributed by atoms with van der Waals surface area (Å²) in [6, 6.07) is 6.20. The molecule has 0 aliphatic carbocycles. The SMILES string of the molecule is O=C(NCCN1CCCCCC1)c1cn(Cc2ccc(F)cc2)nn1. The third-order valence-electron chi connectivity index (χ3n) is 4.44. The van der Waals surface area contributed by atoms with Gasteiger partial charge in [-0.1, -0.05) is 30.2 Å². The van der Waals surface area contributed by atoms with Gasteiger partial charge in [0.25, 0.3) is 5.91 Å². The minimum absolute atomic E-state index is 0.208. The first-order valence-electron chi connectivity index (χ1n) is 8.86. The number of nitrogens with zero attached hydrogens (tertiary/aromatic N) is 4. The normalized spacial score (nSPS) is 15.7. The number of rotatable bonds is 6. The van der Waals surface area contributed by atoms with Gasteiger partial charge in [0.05, 0.1) is 12.7 Å². The van der Waals surface area contributed by atoms with Gasteiger partial charge in [0.15, 0.2) is 5.69 Å². The highest BCUT2D eigenvalue weighted by molar-refractivity contribution is 5.91. The molecule has 2 heterocycles. The van der Waals surface area contributed by atoms with E-state index in [1.165, 1.54) is 37.8 Å². The Morgan fingerprint density at radius 2 is 1.84 bits per heavy atom. The molecule has 6 nitrogen and oxygen atoms in total. The molecule has 3 rings (SSSR count). The van der Waals surface area contributed by atoms with Crippen LogP contribution < -0.4 is 5.32 Å². The van der Waals surface area contributed by atoms with Crippen molar-refractivity contribution in [3.05, 3.63) is 47.5 Å². The van der Waals surface area contributed by atoms with Crippen molar-refractivity contribution in [1.29, 1.82) is 0 Å². The summed E-state index contributed by atoms with van der Waals surface area (Å²) in [5.74, 6) is -0.480. The zero-order chi connectivity index (χ0) is 17.5. The Morgan fingerprint density at radius 1 is 1.12 bits per heavy atom. The fourth-order valence-corrected chi connectivity index (χ4v) is 3.03. The lowest BCUT2D eigenvalue weighted by Gasteiger charge is -2.19. The maximum absolute atomic E-state index is 12.9. The maximum Gasteiger partial charge on any atom is 0.273 e. The Hall–Kier alpha value is -2.28. The van der Waals surface area contributed by atoms with Gasteiger partial charge in [0.2, 0.25) is 0 Å². The molecule has 1 aromatic carbocycles. The second kappa shape index (κ2) is 8.71. The van der Waals surface area contributed by atoms with Crippen molar-refractivity contribution in [2.75, 3.05) is 26.2 Å². The van der Waals surface area contributed by atoms with Crippen molar-refractivity contribution >= 4 is 5.91 Å². The first kappa shape index (κ1) is 17.5. The molecule has 1 amide bonds. The van der Waals surface area contributed by atoms with Crippen molar-refractivity contribution in [1.82, 2.24) is 25.2 Å². The Labute approximate surface area is 147 Å². The molecule has 2 aromatic rings. The summed E-state index contributed by atoms with van der Waals surface area (Å²) in [5.41, 5.74) is 1.21. The summed E-state index contributed by atoms with van der Waals surface area (Å²) >= 11 is 0. The summed E-state index contributed by atoms with van der Waals surface area (Å²) in [6.45, 7) is 4.17. The minimum Gasteiger partial charge on any atom is -0.349 e. The highest BCUT2D eigenvalue weighted by atomic mass is 19.1. The molecule has 1 saturated heterocycles. The number of aromatic nitrogens is 3. The molecule has 0 unspecified atom stereocenters. The number of carbonyl (C=O) groups excluding carboxylic acids is 1. The van der Waals surface area contributed by atoms with Crippen molar-refractivity contribution in [3.8, 4) is 0 Å². The molecule has 0 bridgehead atoms. The van der Waals surface area contributed by atoms with E-state index in [0.29, 0.717) is 18.8 Å². The lowest BCUT2D eigenvalue weighted by Crippen LogP contribution is -2.35. The second-order valence-corrected chi connectivity index (χ2v) is 6.44. The Bertz CT molecular complexity index is 677. The minimum atomic E-state index is -0.271. The number of hydrogen-bond donors (Lipinski definition) is 1. The van der Waals surface area contributed by atoms with E-state index in [0.717, 1.165) is 25.2 Å². The lowest BCUT2D eigenvalue weighted by molar-refractivity contribution is 0.0943. The van der Waals surface area contributed by atoms with Crippen molar-refractivity contribution < 1.29 is 9.18 Å². The molecule has 1 aromatic heterocycles. The van der Waals surface area contributed by atoms with Crippen molar-refractivity contribution in [2.45, 2.75) is 32.2 Å². The number of halogens is 1. The zero-order valence-electron chi connectivity index (χ0n) is 14.3. The molecule has 1 aliphatic rings. The van der Waals surface area contributed by atoms with Crippen LogP contribution in [-0.2, 0) is 6.54 Å². The van der Waals surface area contributed by atoms with Crippen LogP contribution in [-0.4, -0.2) is 52.0 Å². The number of carbonyl (C=O) groups is 1. The number of benzene rings is 1. The van der Waals surface area contributed by atoms with E-state index in [1.54, 1.807) is 23.0 Å². The van der Waals surface area contributed by atoms with Gasteiger partial charge in [-0.05, 0) is 43.6 Å². The van der Waals surface area contributed by atoms with Gasteiger partial charge in [0.1, 0.15) is 5.82 Å². The molecule has 0 radical (unpaired) electrons. The average Bonchev–Trinajstić information content (AvgIpc) is 2.92. The van der Waals surface area contributed by atoms with E-state index in [4.69, 9.17) is 0 Å². The largest absolute Gasteiger partial charge is 0.349 e. The standard InChI is InChI=1S/C18H24FN5O/c19-16-7-5-15(6-8-16)13-24-14-17(21-22-24)18(25)20-9-12-23-10-3-1-2-4-11-23/h5-8,14H,1-4,9-13H2,(H,20,25).